The van der Waals surface area contributed by atoms with Gasteiger partial charge in [-0.05, 0) is 50.2 Å². The van der Waals surface area contributed by atoms with Crippen LogP contribution in [0, 0.1) is 0 Å². The Balaban J connectivity index is 0.00000192. The average Bonchev–Trinajstić information content (AvgIpc) is 3.19. The van der Waals surface area contributed by atoms with E-state index < -0.39 is 0 Å². The Morgan fingerprint density at radius 3 is 2.78 bits per heavy atom. The molecule has 5 nitrogen and oxygen atoms in total. The van der Waals surface area contributed by atoms with Gasteiger partial charge in [0.2, 0.25) is 11.7 Å². The zero-order valence-electron chi connectivity index (χ0n) is 13.2. The zero-order chi connectivity index (χ0) is 15.4. The van der Waals surface area contributed by atoms with Crippen molar-refractivity contribution in [3.8, 4) is 11.4 Å². The van der Waals surface area contributed by atoms with Crippen molar-refractivity contribution in [1.82, 2.24) is 20.4 Å². The van der Waals surface area contributed by atoms with E-state index in [1.165, 1.54) is 6.42 Å². The molecule has 23 heavy (non-hydrogen) atoms. The summed E-state index contributed by atoms with van der Waals surface area (Å²) in [5, 5.41) is 8.20. The van der Waals surface area contributed by atoms with E-state index in [4.69, 9.17) is 16.1 Å². The van der Waals surface area contributed by atoms with E-state index in [9.17, 15) is 0 Å². The number of nitrogens with zero attached hydrogens (tertiary/aromatic N) is 3. The molecule has 0 bridgehead atoms. The van der Waals surface area contributed by atoms with Gasteiger partial charge in [-0.15, -0.1) is 12.4 Å². The van der Waals surface area contributed by atoms with E-state index in [0.29, 0.717) is 29.3 Å². The number of rotatable bonds is 6. The van der Waals surface area contributed by atoms with Crippen LogP contribution < -0.4 is 5.32 Å². The van der Waals surface area contributed by atoms with Crippen LogP contribution in [0.2, 0.25) is 5.02 Å². The topological polar surface area (TPSA) is 54.2 Å². The van der Waals surface area contributed by atoms with Crippen LogP contribution in [0.4, 0.5) is 0 Å². The number of hydrogen-bond acceptors (Lipinski definition) is 5. The van der Waals surface area contributed by atoms with Gasteiger partial charge in [-0.1, -0.05) is 23.7 Å². The van der Waals surface area contributed by atoms with E-state index in [1.807, 2.05) is 24.3 Å². The van der Waals surface area contributed by atoms with Crippen LogP contribution >= 0.6 is 24.0 Å². The van der Waals surface area contributed by atoms with Crippen LogP contribution in [0.3, 0.4) is 0 Å². The molecule has 1 fully saturated rings. The minimum atomic E-state index is 0. The molecule has 2 aromatic rings. The van der Waals surface area contributed by atoms with Gasteiger partial charge in [0.15, 0.2) is 0 Å². The highest BCUT2D eigenvalue weighted by molar-refractivity contribution is 6.30. The summed E-state index contributed by atoms with van der Waals surface area (Å²) in [5.41, 5.74) is 0.920. The second-order valence-electron chi connectivity index (χ2n) is 5.64. The number of halogens is 2. The minimum absolute atomic E-state index is 0. The first-order valence-corrected chi connectivity index (χ1v) is 8.17. The van der Waals surface area contributed by atoms with Gasteiger partial charge in [-0.2, -0.15) is 4.98 Å². The SMILES string of the molecule is CCCN(Cc1nc(-c2ccc(Cl)cc2)no1)C1CCNC1.Cl. The van der Waals surface area contributed by atoms with Crippen molar-refractivity contribution in [3.63, 3.8) is 0 Å². The fourth-order valence-corrected chi connectivity index (χ4v) is 2.96. The maximum atomic E-state index is 5.90. The summed E-state index contributed by atoms with van der Waals surface area (Å²) < 4.78 is 5.43. The van der Waals surface area contributed by atoms with Crippen molar-refractivity contribution >= 4 is 24.0 Å². The third-order valence-electron chi connectivity index (χ3n) is 3.97. The van der Waals surface area contributed by atoms with Gasteiger partial charge in [-0.3, -0.25) is 4.90 Å². The summed E-state index contributed by atoms with van der Waals surface area (Å²) in [7, 11) is 0. The molecule has 1 aromatic carbocycles. The van der Waals surface area contributed by atoms with E-state index in [0.717, 1.165) is 31.6 Å². The largest absolute Gasteiger partial charge is 0.338 e. The van der Waals surface area contributed by atoms with Crippen LogP contribution in [0.5, 0.6) is 0 Å². The predicted octanol–water partition coefficient (Wildman–Crippen LogP) is 3.39. The van der Waals surface area contributed by atoms with Crippen molar-refractivity contribution < 1.29 is 4.52 Å². The molecule has 126 valence electrons. The maximum Gasteiger partial charge on any atom is 0.241 e. The monoisotopic (exact) mass is 356 g/mol. The number of aromatic nitrogens is 2. The molecular weight excluding hydrogens is 335 g/mol. The van der Waals surface area contributed by atoms with Crippen LogP contribution in [-0.4, -0.2) is 40.7 Å². The molecule has 3 rings (SSSR count). The second-order valence-corrected chi connectivity index (χ2v) is 6.07. The first-order valence-electron chi connectivity index (χ1n) is 7.79. The van der Waals surface area contributed by atoms with Crippen molar-refractivity contribution in [3.05, 3.63) is 35.2 Å². The third-order valence-corrected chi connectivity index (χ3v) is 4.22. The number of hydrogen-bond donors (Lipinski definition) is 1. The van der Waals surface area contributed by atoms with E-state index in [-0.39, 0.29) is 12.4 Å². The standard InChI is InChI=1S/C16H21ClN4O.ClH/c1-2-9-21(14-7-8-18-10-14)11-15-19-16(20-22-15)12-3-5-13(17)6-4-12;/h3-6,14,18H,2,7-11H2,1H3;1H. The van der Waals surface area contributed by atoms with Crippen molar-refractivity contribution in [2.75, 3.05) is 19.6 Å². The normalized spacial score (nSPS) is 17.4. The number of benzene rings is 1. The smallest absolute Gasteiger partial charge is 0.241 e. The molecular formula is C16H22Cl2N4O. The Morgan fingerprint density at radius 1 is 1.35 bits per heavy atom. The summed E-state index contributed by atoms with van der Waals surface area (Å²) in [4.78, 5) is 6.95. The van der Waals surface area contributed by atoms with E-state index >= 15 is 0 Å². The van der Waals surface area contributed by atoms with Crippen molar-refractivity contribution in [2.24, 2.45) is 0 Å². The Hall–Kier alpha value is -1.14. The molecule has 2 heterocycles. The molecule has 1 aliphatic heterocycles. The zero-order valence-corrected chi connectivity index (χ0v) is 14.7. The average molecular weight is 357 g/mol. The molecule has 1 saturated heterocycles. The Morgan fingerprint density at radius 2 is 2.13 bits per heavy atom. The molecule has 0 radical (unpaired) electrons. The molecule has 7 heteroatoms. The highest BCUT2D eigenvalue weighted by Crippen LogP contribution is 2.20. The summed E-state index contributed by atoms with van der Waals surface area (Å²) in [6.07, 6.45) is 2.30. The van der Waals surface area contributed by atoms with Gasteiger partial charge < -0.3 is 9.84 Å². The van der Waals surface area contributed by atoms with Crippen molar-refractivity contribution in [2.45, 2.75) is 32.4 Å². The Kier molecular flexibility index (Phi) is 6.84. The first-order chi connectivity index (χ1) is 10.8. The minimum Gasteiger partial charge on any atom is -0.338 e. The highest BCUT2D eigenvalue weighted by atomic mass is 35.5. The number of nitrogens with one attached hydrogen (secondary N) is 1. The summed E-state index contributed by atoms with van der Waals surface area (Å²) >= 11 is 5.90. The second kappa shape index (κ2) is 8.64. The summed E-state index contributed by atoms with van der Waals surface area (Å²) in [6, 6.07) is 8.04. The fourth-order valence-electron chi connectivity index (χ4n) is 2.84. The van der Waals surface area contributed by atoms with Gasteiger partial charge in [0.1, 0.15) is 0 Å². The van der Waals surface area contributed by atoms with E-state index in [2.05, 4.69) is 27.3 Å². The van der Waals surface area contributed by atoms with Crippen LogP contribution in [0.25, 0.3) is 11.4 Å². The predicted molar refractivity (Wildman–Crippen MR) is 94.0 cm³/mol. The van der Waals surface area contributed by atoms with Gasteiger partial charge >= 0.3 is 0 Å². The lowest BCUT2D eigenvalue weighted by Crippen LogP contribution is -2.37. The van der Waals surface area contributed by atoms with Gasteiger partial charge in [0.05, 0.1) is 6.54 Å². The van der Waals surface area contributed by atoms with Crippen LogP contribution in [-0.2, 0) is 6.54 Å². The summed E-state index contributed by atoms with van der Waals surface area (Å²) in [6.45, 7) is 6.08. The van der Waals surface area contributed by atoms with Gasteiger partial charge in [0.25, 0.3) is 0 Å². The van der Waals surface area contributed by atoms with Gasteiger partial charge in [0, 0.05) is 23.2 Å². The lowest BCUT2D eigenvalue weighted by atomic mass is 10.2. The molecule has 1 atom stereocenters. The molecule has 0 amide bonds. The Bertz CT molecular complexity index is 596. The lowest BCUT2D eigenvalue weighted by molar-refractivity contribution is 0.174. The molecule has 0 spiro atoms. The first kappa shape index (κ1) is 18.2. The molecule has 1 unspecified atom stereocenters. The van der Waals surface area contributed by atoms with E-state index in [1.54, 1.807) is 0 Å². The highest BCUT2D eigenvalue weighted by Gasteiger charge is 2.23. The fraction of sp³-hybridized carbons (Fsp3) is 0.500. The van der Waals surface area contributed by atoms with Crippen molar-refractivity contribution in [1.29, 1.82) is 0 Å². The van der Waals surface area contributed by atoms with Crippen LogP contribution in [0.1, 0.15) is 25.7 Å². The molecule has 0 aliphatic carbocycles. The molecule has 1 N–H and O–H groups in total. The van der Waals surface area contributed by atoms with Crippen LogP contribution in [0.15, 0.2) is 28.8 Å². The molecule has 1 aromatic heterocycles. The lowest BCUT2D eigenvalue weighted by Gasteiger charge is -2.26. The quantitative estimate of drug-likeness (QED) is 0.859. The summed E-state index contributed by atoms with van der Waals surface area (Å²) in [5.74, 6) is 1.29. The van der Waals surface area contributed by atoms with Gasteiger partial charge in [-0.25, -0.2) is 0 Å². The maximum absolute atomic E-state index is 5.90. The third kappa shape index (κ3) is 4.67. The Labute approximate surface area is 147 Å². The molecule has 0 saturated carbocycles. The molecule has 1 aliphatic rings.